The first-order valence-corrected chi connectivity index (χ1v) is 4.98. The van der Waals surface area contributed by atoms with Crippen molar-refractivity contribution in [2.45, 2.75) is 18.2 Å². The van der Waals surface area contributed by atoms with Crippen LogP contribution >= 0.6 is 0 Å². The van der Waals surface area contributed by atoms with E-state index in [1.54, 1.807) is 0 Å². The SMILES string of the molecule is NC(=O)C1CC(N)(C(=O)O)C2C(C(O)O)C12. The molecule has 0 bridgehead atoms. The second-order valence-corrected chi connectivity index (χ2v) is 4.65. The molecule has 5 atom stereocenters. The van der Waals surface area contributed by atoms with Gasteiger partial charge in [0.05, 0.1) is 0 Å². The lowest BCUT2D eigenvalue weighted by Gasteiger charge is -2.24. The van der Waals surface area contributed by atoms with Crippen LogP contribution in [0.15, 0.2) is 0 Å². The van der Waals surface area contributed by atoms with Crippen molar-refractivity contribution >= 4 is 11.9 Å². The van der Waals surface area contributed by atoms with E-state index in [1.807, 2.05) is 0 Å². The fourth-order valence-corrected chi connectivity index (χ4v) is 3.10. The molecule has 16 heavy (non-hydrogen) atoms. The van der Waals surface area contributed by atoms with E-state index in [1.165, 1.54) is 0 Å². The number of hydrogen-bond donors (Lipinski definition) is 5. The number of carboxylic acid groups (broad SMARTS) is 1. The average Bonchev–Trinajstić information content (AvgIpc) is 2.81. The fraction of sp³-hybridized carbons (Fsp3) is 0.778. The minimum absolute atomic E-state index is 0.0315. The third-order valence-corrected chi connectivity index (χ3v) is 3.86. The summed E-state index contributed by atoms with van der Waals surface area (Å²) in [6.45, 7) is 0. The number of carbonyl (C=O) groups is 2. The van der Waals surface area contributed by atoms with Gasteiger partial charge in [0.2, 0.25) is 5.91 Å². The number of aliphatic hydroxyl groups excluding tert-OH is 1. The number of amides is 1. The highest BCUT2D eigenvalue weighted by Gasteiger charge is 2.73. The Labute approximate surface area is 91.0 Å². The molecule has 90 valence electrons. The fourth-order valence-electron chi connectivity index (χ4n) is 3.10. The second kappa shape index (κ2) is 3.16. The van der Waals surface area contributed by atoms with Gasteiger partial charge in [0.15, 0.2) is 6.29 Å². The number of aliphatic carboxylic acids is 1. The molecule has 0 heterocycles. The summed E-state index contributed by atoms with van der Waals surface area (Å²) in [6, 6.07) is 0. The van der Waals surface area contributed by atoms with Gasteiger partial charge in [0, 0.05) is 11.8 Å². The zero-order chi connectivity index (χ0) is 12.2. The van der Waals surface area contributed by atoms with Gasteiger partial charge in [0.1, 0.15) is 5.54 Å². The van der Waals surface area contributed by atoms with E-state index in [0.717, 1.165) is 0 Å². The minimum atomic E-state index is -1.65. The Balaban J connectivity index is 2.29. The lowest BCUT2D eigenvalue weighted by Crippen LogP contribution is -2.51. The summed E-state index contributed by atoms with van der Waals surface area (Å²) in [5.41, 5.74) is 9.29. The zero-order valence-electron chi connectivity index (χ0n) is 8.41. The number of carboxylic acids is 1. The average molecular weight is 230 g/mol. The largest absolute Gasteiger partial charge is 0.480 e. The van der Waals surface area contributed by atoms with Crippen LogP contribution in [0.4, 0.5) is 0 Å². The van der Waals surface area contributed by atoms with Gasteiger partial charge in [-0.3, -0.25) is 9.59 Å². The molecular formula is C9H14N2O5. The van der Waals surface area contributed by atoms with Crippen molar-refractivity contribution in [2.75, 3.05) is 0 Å². The molecule has 0 aromatic rings. The summed E-state index contributed by atoms with van der Waals surface area (Å²) in [7, 11) is 0. The first kappa shape index (κ1) is 11.3. The molecule has 2 rings (SSSR count). The van der Waals surface area contributed by atoms with Crippen LogP contribution in [-0.4, -0.2) is 39.0 Å². The minimum Gasteiger partial charge on any atom is -0.480 e. The molecule has 2 saturated carbocycles. The van der Waals surface area contributed by atoms with Crippen molar-refractivity contribution in [3.8, 4) is 0 Å². The Kier molecular flexibility index (Phi) is 2.23. The molecule has 5 unspecified atom stereocenters. The summed E-state index contributed by atoms with van der Waals surface area (Å²) in [6.07, 6.45) is -1.68. The van der Waals surface area contributed by atoms with Gasteiger partial charge in [-0.1, -0.05) is 0 Å². The lowest BCUT2D eigenvalue weighted by atomic mass is 9.87. The third kappa shape index (κ3) is 1.25. The molecule has 2 aliphatic rings. The highest BCUT2D eigenvalue weighted by atomic mass is 16.5. The van der Waals surface area contributed by atoms with E-state index >= 15 is 0 Å². The van der Waals surface area contributed by atoms with Crippen LogP contribution in [0.3, 0.4) is 0 Å². The summed E-state index contributed by atoms with van der Waals surface area (Å²) < 4.78 is 0. The predicted octanol–water partition coefficient (Wildman–Crippen LogP) is -2.55. The monoisotopic (exact) mass is 230 g/mol. The van der Waals surface area contributed by atoms with Crippen LogP contribution in [0.1, 0.15) is 6.42 Å². The van der Waals surface area contributed by atoms with Crippen molar-refractivity contribution in [3.63, 3.8) is 0 Å². The molecule has 7 nitrogen and oxygen atoms in total. The number of nitrogens with two attached hydrogens (primary N) is 2. The number of carbonyl (C=O) groups excluding carboxylic acids is 1. The van der Waals surface area contributed by atoms with E-state index in [9.17, 15) is 9.59 Å². The van der Waals surface area contributed by atoms with Crippen LogP contribution < -0.4 is 11.5 Å². The summed E-state index contributed by atoms with van der Waals surface area (Å²) in [4.78, 5) is 22.2. The molecule has 0 spiro atoms. The van der Waals surface area contributed by atoms with Crippen molar-refractivity contribution in [1.29, 1.82) is 0 Å². The highest BCUT2D eigenvalue weighted by molar-refractivity contribution is 5.86. The quantitative estimate of drug-likeness (QED) is 0.337. The van der Waals surface area contributed by atoms with Gasteiger partial charge < -0.3 is 26.8 Å². The first-order chi connectivity index (χ1) is 7.30. The topological polar surface area (TPSA) is 147 Å². The Hall–Kier alpha value is -1.18. The van der Waals surface area contributed by atoms with E-state index < -0.39 is 47.4 Å². The molecule has 0 radical (unpaired) electrons. The molecule has 0 aromatic carbocycles. The number of primary amides is 1. The Morgan fingerprint density at radius 1 is 1.38 bits per heavy atom. The molecule has 7 N–H and O–H groups in total. The number of rotatable bonds is 3. The van der Waals surface area contributed by atoms with Gasteiger partial charge in [-0.15, -0.1) is 0 Å². The Morgan fingerprint density at radius 2 is 1.94 bits per heavy atom. The summed E-state index contributed by atoms with van der Waals surface area (Å²) in [5.74, 6) is -4.20. The van der Waals surface area contributed by atoms with Crippen LogP contribution in [0.25, 0.3) is 0 Å². The van der Waals surface area contributed by atoms with E-state index in [2.05, 4.69) is 0 Å². The first-order valence-electron chi connectivity index (χ1n) is 4.98. The van der Waals surface area contributed by atoms with Crippen LogP contribution in [0, 0.1) is 23.7 Å². The van der Waals surface area contributed by atoms with Crippen molar-refractivity contribution in [1.82, 2.24) is 0 Å². The second-order valence-electron chi connectivity index (χ2n) is 4.65. The van der Waals surface area contributed by atoms with Crippen LogP contribution in [0.5, 0.6) is 0 Å². The normalized spacial score (nSPS) is 45.5. The van der Waals surface area contributed by atoms with Crippen LogP contribution in [-0.2, 0) is 9.59 Å². The Bertz CT molecular complexity index is 358. The van der Waals surface area contributed by atoms with E-state index in [4.69, 9.17) is 26.8 Å². The molecule has 2 aliphatic carbocycles. The molecule has 0 aromatic heterocycles. The van der Waals surface area contributed by atoms with E-state index in [0.29, 0.717) is 0 Å². The van der Waals surface area contributed by atoms with Crippen molar-refractivity contribution < 1.29 is 24.9 Å². The number of fused-ring (bicyclic) bond motifs is 1. The Morgan fingerprint density at radius 3 is 2.31 bits per heavy atom. The summed E-state index contributed by atoms with van der Waals surface area (Å²) in [5, 5.41) is 27.2. The van der Waals surface area contributed by atoms with Gasteiger partial charge in [0.25, 0.3) is 0 Å². The maximum absolute atomic E-state index is 11.1. The van der Waals surface area contributed by atoms with Gasteiger partial charge in [-0.25, -0.2) is 0 Å². The third-order valence-electron chi connectivity index (χ3n) is 3.86. The molecule has 0 saturated heterocycles. The standard InChI is InChI=1S/C9H14N2O5/c10-6(12)2-1-9(11,8(15)16)5-3(2)4(5)7(13)14/h2-5,7,13-14H,1,11H2,(H2,10,12)(H,15,16). The summed E-state index contributed by atoms with van der Waals surface area (Å²) >= 11 is 0. The zero-order valence-corrected chi connectivity index (χ0v) is 8.41. The molecule has 1 amide bonds. The number of hydrogen-bond acceptors (Lipinski definition) is 5. The molecule has 2 fully saturated rings. The number of aliphatic hydroxyl groups is 2. The van der Waals surface area contributed by atoms with Crippen molar-refractivity contribution in [2.24, 2.45) is 35.1 Å². The van der Waals surface area contributed by atoms with Gasteiger partial charge in [-0.05, 0) is 18.3 Å². The van der Waals surface area contributed by atoms with Crippen LogP contribution in [0.2, 0.25) is 0 Å². The maximum Gasteiger partial charge on any atom is 0.324 e. The van der Waals surface area contributed by atoms with E-state index in [-0.39, 0.29) is 6.42 Å². The van der Waals surface area contributed by atoms with Gasteiger partial charge in [-0.2, -0.15) is 0 Å². The predicted molar refractivity (Wildman–Crippen MR) is 50.6 cm³/mol. The molecule has 0 aliphatic heterocycles. The maximum atomic E-state index is 11.1. The molecular weight excluding hydrogens is 216 g/mol. The smallest absolute Gasteiger partial charge is 0.324 e. The molecule has 7 heteroatoms. The van der Waals surface area contributed by atoms with Crippen molar-refractivity contribution in [3.05, 3.63) is 0 Å². The lowest BCUT2D eigenvalue weighted by molar-refractivity contribution is -0.145. The highest BCUT2D eigenvalue weighted by Crippen LogP contribution is 2.64. The van der Waals surface area contributed by atoms with Gasteiger partial charge >= 0.3 is 5.97 Å².